The molecule has 20 heavy (non-hydrogen) atoms. The summed E-state index contributed by atoms with van der Waals surface area (Å²) in [6.07, 6.45) is 0.291. The summed E-state index contributed by atoms with van der Waals surface area (Å²) in [6.45, 7) is 2.19. The highest BCUT2D eigenvalue weighted by Crippen LogP contribution is 2.50. The van der Waals surface area contributed by atoms with Gasteiger partial charge in [-0.25, -0.2) is 0 Å². The van der Waals surface area contributed by atoms with Gasteiger partial charge in [-0.1, -0.05) is 42.5 Å². The van der Waals surface area contributed by atoms with Crippen LogP contribution in [0.1, 0.15) is 24.1 Å². The molecule has 2 nitrogen and oxygen atoms in total. The molecule has 0 saturated carbocycles. The van der Waals surface area contributed by atoms with Crippen LogP contribution in [0.15, 0.2) is 59.6 Å². The first kappa shape index (κ1) is 12.5. The molecule has 2 aliphatic rings. The average Bonchev–Trinajstić information content (AvgIpc) is 3.13. The van der Waals surface area contributed by atoms with Crippen molar-refractivity contribution in [2.24, 2.45) is 4.99 Å². The Morgan fingerprint density at radius 3 is 2.35 bits per heavy atom. The number of hydrogen-bond donors (Lipinski definition) is 0. The third-order valence-corrected chi connectivity index (χ3v) is 4.89. The summed E-state index contributed by atoms with van der Waals surface area (Å²) in [4.78, 5) is 7.32. The van der Waals surface area contributed by atoms with Gasteiger partial charge in [0, 0.05) is 3.57 Å². The number of hydrogen-bond acceptors (Lipinski definition) is 2. The number of benzene rings is 2. The van der Waals surface area contributed by atoms with Crippen LogP contribution in [0.3, 0.4) is 0 Å². The Morgan fingerprint density at radius 1 is 0.950 bits per heavy atom. The zero-order chi connectivity index (χ0) is 13.7. The molecule has 2 aliphatic heterocycles. The maximum absolute atomic E-state index is 4.84. The lowest BCUT2D eigenvalue weighted by Crippen LogP contribution is -2.09. The smallest absolute Gasteiger partial charge is 0.101 e. The van der Waals surface area contributed by atoms with Crippen LogP contribution in [0.5, 0.6) is 0 Å². The van der Waals surface area contributed by atoms with Crippen LogP contribution < -0.4 is 0 Å². The third-order valence-electron chi connectivity index (χ3n) is 4.17. The molecule has 0 N–H and O–H groups in total. The fraction of sp³-hybridized carbons (Fsp3) is 0.235. The van der Waals surface area contributed by atoms with Crippen molar-refractivity contribution in [2.75, 3.05) is 0 Å². The van der Waals surface area contributed by atoms with Gasteiger partial charge in [-0.05, 0) is 52.8 Å². The van der Waals surface area contributed by atoms with Crippen molar-refractivity contribution in [1.29, 1.82) is 0 Å². The van der Waals surface area contributed by atoms with Gasteiger partial charge in [-0.3, -0.25) is 9.89 Å². The lowest BCUT2D eigenvalue weighted by molar-refractivity contribution is 0.419. The quantitative estimate of drug-likeness (QED) is 0.576. The Bertz CT molecular complexity index is 663. The van der Waals surface area contributed by atoms with E-state index in [0.717, 1.165) is 0 Å². The first-order valence-corrected chi connectivity index (χ1v) is 7.99. The van der Waals surface area contributed by atoms with Crippen molar-refractivity contribution < 1.29 is 0 Å². The van der Waals surface area contributed by atoms with Crippen LogP contribution in [0.4, 0.5) is 0 Å². The van der Waals surface area contributed by atoms with Gasteiger partial charge >= 0.3 is 0 Å². The number of rotatable bonds is 2. The van der Waals surface area contributed by atoms with Crippen molar-refractivity contribution in [2.45, 2.75) is 25.2 Å². The summed E-state index contributed by atoms with van der Waals surface area (Å²) in [6, 6.07) is 20.4. The normalized spacial score (nSPS) is 30.8. The van der Waals surface area contributed by atoms with Gasteiger partial charge in [0.1, 0.15) is 6.17 Å². The van der Waals surface area contributed by atoms with Crippen molar-refractivity contribution in [3.8, 4) is 0 Å². The van der Waals surface area contributed by atoms with Gasteiger partial charge < -0.3 is 0 Å². The summed E-state index contributed by atoms with van der Waals surface area (Å²) < 4.78 is 1.27. The number of aliphatic imine (C=N–C) groups is 1. The monoisotopic (exact) mass is 374 g/mol. The minimum atomic E-state index is 0.291. The average molecular weight is 374 g/mol. The topological polar surface area (TPSA) is 15.4 Å². The predicted octanol–water partition coefficient (Wildman–Crippen LogP) is 3.87. The highest BCUT2D eigenvalue weighted by Gasteiger charge is 2.57. The molecule has 0 aliphatic carbocycles. The second-order valence-corrected chi connectivity index (χ2v) is 6.65. The van der Waals surface area contributed by atoms with E-state index in [0.29, 0.717) is 18.2 Å². The minimum Gasteiger partial charge on any atom is -0.269 e. The fourth-order valence-electron chi connectivity index (χ4n) is 3.22. The van der Waals surface area contributed by atoms with E-state index in [9.17, 15) is 0 Å². The number of fused-ring (bicyclic) bond motifs is 1. The standard InChI is InChI=1S/C17H15IN2/c1-11-19-15(12-7-9-14(18)10-8-12)17-16(20(11)17)13-5-3-2-4-6-13/h2-11,16-17H,1H3/t11-,16-,17-,20?/m1/s1. The third kappa shape index (κ3) is 1.91. The van der Waals surface area contributed by atoms with Crippen LogP contribution in [0.2, 0.25) is 0 Å². The number of nitrogens with zero attached hydrogens (tertiary/aromatic N) is 2. The van der Waals surface area contributed by atoms with Crippen LogP contribution in [0.25, 0.3) is 0 Å². The first-order valence-electron chi connectivity index (χ1n) is 6.92. The molecule has 0 aromatic heterocycles. The number of halogens is 1. The molecule has 1 fully saturated rings. The van der Waals surface area contributed by atoms with Crippen molar-refractivity contribution in [3.63, 3.8) is 0 Å². The van der Waals surface area contributed by atoms with E-state index in [1.165, 1.54) is 20.4 Å². The minimum absolute atomic E-state index is 0.291. The lowest BCUT2D eigenvalue weighted by Gasteiger charge is -2.09. The van der Waals surface area contributed by atoms with E-state index in [-0.39, 0.29) is 0 Å². The fourth-order valence-corrected chi connectivity index (χ4v) is 3.58. The molecule has 3 heteroatoms. The lowest BCUT2D eigenvalue weighted by atomic mass is 10.0. The molecule has 0 radical (unpaired) electrons. The van der Waals surface area contributed by atoms with Crippen molar-refractivity contribution in [1.82, 2.24) is 4.90 Å². The van der Waals surface area contributed by atoms with Gasteiger partial charge in [0.2, 0.25) is 0 Å². The molecule has 1 unspecified atom stereocenters. The molecule has 4 atom stereocenters. The summed E-state index contributed by atoms with van der Waals surface area (Å²) in [5.74, 6) is 0. The van der Waals surface area contributed by atoms with Crippen molar-refractivity contribution in [3.05, 3.63) is 69.3 Å². The summed E-state index contributed by atoms with van der Waals surface area (Å²) in [5.41, 5.74) is 3.92. The zero-order valence-electron chi connectivity index (χ0n) is 11.2. The SMILES string of the molecule is C[C@@H]1N=C(c2ccc(I)cc2)[C@@H]2[C@@H](c3ccccc3)N12. The molecular formula is C17H15IN2. The Hall–Kier alpha value is -1.20. The van der Waals surface area contributed by atoms with Gasteiger partial charge in [0.25, 0.3) is 0 Å². The largest absolute Gasteiger partial charge is 0.269 e. The summed E-state index contributed by atoms with van der Waals surface area (Å²) in [7, 11) is 0. The van der Waals surface area contributed by atoms with E-state index in [1.807, 2.05) is 0 Å². The Kier molecular flexibility index (Phi) is 2.93. The zero-order valence-corrected chi connectivity index (χ0v) is 13.4. The van der Waals surface area contributed by atoms with Crippen LogP contribution in [-0.4, -0.2) is 22.8 Å². The second-order valence-electron chi connectivity index (χ2n) is 5.40. The second kappa shape index (κ2) is 4.67. The van der Waals surface area contributed by atoms with E-state index in [4.69, 9.17) is 4.99 Å². The van der Waals surface area contributed by atoms with E-state index in [1.54, 1.807) is 0 Å². The Morgan fingerprint density at radius 2 is 1.65 bits per heavy atom. The molecule has 100 valence electrons. The first-order chi connectivity index (χ1) is 9.75. The maximum Gasteiger partial charge on any atom is 0.101 e. The molecule has 2 aromatic carbocycles. The van der Waals surface area contributed by atoms with Gasteiger partial charge in [-0.2, -0.15) is 0 Å². The Balaban J connectivity index is 1.67. The summed E-state index contributed by atoms with van der Waals surface area (Å²) >= 11 is 2.34. The van der Waals surface area contributed by atoms with E-state index >= 15 is 0 Å². The molecule has 2 aromatic rings. The highest BCUT2D eigenvalue weighted by molar-refractivity contribution is 14.1. The molecular weight excluding hydrogens is 359 g/mol. The van der Waals surface area contributed by atoms with E-state index < -0.39 is 0 Å². The van der Waals surface area contributed by atoms with Crippen LogP contribution in [-0.2, 0) is 0 Å². The van der Waals surface area contributed by atoms with Crippen LogP contribution >= 0.6 is 22.6 Å². The van der Waals surface area contributed by atoms with Gasteiger partial charge in [-0.15, -0.1) is 0 Å². The Labute approximate surface area is 132 Å². The van der Waals surface area contributed by atoms with Gasteiger partial charge in [0.15, 0.2) is 0 Å². The van der Waals surface area contributed by atoms with Crippen molar-refractivity contribution >= 4 is 28.3 Å². The molecule has 0 amide bonds. The molecule has 1 saturated heterocycles. The molecule has 4 rings (SSSR count). The maximum atomic E-state index is 4.84. The van der Waals surface area contributed by atoms with Crippen LogP contribution in [0, 0.1) is 3.57 Å². The molecule has 0 spiro atoms. The molecule has 2 heterocycles. The predicted molar refractivity (Wildman–Crippen MR) is 90.0 cm³/mol. The van der Waals surface area contributed by atoms with E-state index in [2.05, 4.69) is 89.0 Å². The summed E-state index contributed by atoms with van der Waals surface area (Å²) in [5, 5.41) is 0. The highest BCUT2D eigenvalue weighted by atomic mass is 127. The molecule has 0 bridgehead atoms. The van der Waals surface area contributed by atoms with Gasteiger partial charge in [0.05, 0.1) is 17.8 Å².